The number of rotatable bonds is 10. The molecule has 3 atom stereocenters. The summed E-state index contributed by atoms with van der Waals surface area (Å²) in [5.41, 5.74) is -0.885. The second-order valence-electron chi connectivity index (χ2n) is 7.02. The van der Waals surface area contributed by atoms with Crippen molar-refractivity contribution in [3.05, 3.63) is 12.2 Å². The van der Waals surface area contributed by atoms with Crippen molar-refractivity contribution in [2.45, 2.75) is 59.7 Å². The molecule has 0 aliphatic carbocycles. The fraction of sp³-hybridized carbons (Fsp3) is 0.812. The Hall–Kier alpha value is -0.810. The van der Waals surface area contributed by atoms with Crippen LogP contribution in [-0.2, 0) is 23.4 Å². The summed E-state index contributed by atoms with van der Waals surface area (Å²) in [6.45, 7) is 17.0. The van der Waals surface area contributed by atoms with Crippen LogP contribution < -0.4 is 0 Å². The van der Waals surface area contributed by atoms with Gasteiger partial charge in [0.2, 0.25) is 0 Å². The molecule has 0 bridgehead atoms. The molecule has 0 saturated carbocycles. The average molecular weight is 349 g/mol. The number of hydrogen-bond donors (Lipinski definition) is 1. The largest absolute Gasteiger partial charge is 0.694 e. The molecule has 6 nitrogen and oxygen atoms in total. The van der Waals surface area contributed by atoms with Gasteiger partial charge in [-0.25, -0.2) is 4.79 Å². The smallest absolute Gasteiger partial charge is 0.456 e. The number of ether oxygens (including phenoxy) is 2. The van der Waals surface area contributed by atoms with Crippen molar-refractivity contribution < 1.29 is 28.3 Å². The Morgan fingerprint density at radius 3 is 2.04 bits per heavy atom. The Balaban J connectivity index is 4.59. The first kappa shape index (κ1) is 22.2. The lowest BCUT2D eigenvalue weighted by Gasteiger charge is -2.36. The highest BCUT2D eigenvalue weighted by atomic mass is 31.1. The van der Waals surface area contributed by atoms with Crippen LogP contribution in [0.3, 0.4) is 0 Å². The van der Waals surface area contributed by atoms with E-state index in [1.807, 2.05) is 41.5 Å². The molecule has 0 aromatic heterocycles. The maximum absolute atomic E-state index is 11.7. The second kappa shape index (κ2) is 8.88. The van der Waals surface area contributed by atoms with Gasteiger partial charge in [-0.15, -0.1) is 9.42 Å². The van der Waals surface area contributed by atoms with E-state index in [1.54, 1.807) is 6.92 Å². The van der Waals surface area contributed by atoms with E-state index in [0.29, 0.717) is 12.2 Å². The highest BCUT2D eigenvalue weighted by Gasteiger charge is 2.35. The summed E-state index contributed by atoms with van der Waals surface area (Å²) in [6, 6.07) is 0. The molecule has 0 aromatic carbocycles. The quantitative estimate of drug-likeness (QED) is 0.368. The molecule has 0 aliphatic rings. The molecule has 0 aromatic rings. The second-order valence-corrected chi connectivity index (χ2v) is 7.76. The van der Waals surface area contributed by atoms with Crippen LogP contribution in [0.4, 0.5) is 0 Å². The van der Waals surface area contributed by atoms with Crippen molar-refractivity contribution >= 4 is 14.2 Å². The number of esters is 1. The molecule has 134 valence electrons. The van der Waals surface area contributed by atoms with Gasteiger partial charge in [-0.3, -0.25) is 0 Å². The minimum absolute atomic E-state index is 0.0485. The number of carbonyl (C=O) groups excluding carboxylic acids is 1. The van der Waals surface area contributed by atoms with E-state index in [-0.39, 0.29) is 18.4 Å². The Bertz CT molecular complexity index is 444. The Morgan fingerprint density at radius 2 is 1.61 bits per heavy atom. The third kappa shape index (κ3) is 8.02. The van der Waals surface area contributed by atoms with E-state index in [2.05, 4.69) is 6.58 Å². The van der Waals surface area contributed by atoms with E-state index in [9.17, 15) is 9.36 Å². The highest BCUT2D eigenvalue weighted by molar-refractivity contribution is 7.32. The normalized spacial score (nSPS) is 15.7. The van der Waals surface area contributed by atoms with Gasteiger partial charge in [-0.1, -0.05) is 20.4 Å². The molecule has 0 heterocycles. The molecule has 7 heteroatoms. The Labute approximate surface area is 140 Å². The van der Waals surface area contributed by atoms with E-state index in [1.165, 1.54) is 0 Å². The zero-order valence-corrected chi connectivity index (χ0v) is 16.1. The van der Waals surface area contributed by atoms with E-state index < -0.39 is 25.4 Å². The Kier molecular flexibility index (Phi) is 8.57. The number of carbonyl (C=O) groups is 1. The highest BCUT2D eigenvalue weighted by Crippen LogP contribution is 2.29. The van der Waals surface area contributed by atoms with Crippen LogP contribution in [-0.4, -0.2) is 35.3 Å². The lowest BCUT2D eigenvalue weighted by molar-refractivity contribution is -0.162. The lowest BCUT2D eigenvalue weighted by Crippen LogP contribution is -2.42. The molecule has 0 fully saturated rings. The van der Waals surface area contributed by atoms with Gasteiger partial charge in [0.15, 0.2) is 0 Å². The van der Waals surface area contributed by atoms with Crippen LogP contribution in [0, 0.1) is 11.8 Å². The molecule has 3 unspecified atom stereocenters. The molecule has 0 aliphatic heterocycles. The fourth-order valence-corrected chi connectivity index (χ4v) is 1.84. The minimum Gasteiger partial charge on any atom is -0.456 e. The van der Waals surface area contributed by atoms with Gasteiger partial charge in [-0.2, -0.15) is 0 Å². The summed E-state index contributed by atoms with van der Waals surface area (Å²) in [4.78, 5) is 20.4. The lowest BCUT2D eigenvalue weighted by atomic mass is 9.91. The third-order valence-corrected chi connectivity index (χ3v) is 4.59. The maximum Gasteiger partial charge on any atom is 0.694 e. The van der Waals surface area contributed by atoms with Crippen molar-refractivity contribution in [2.24, 2.45) is 11.8 Å². The first-order valence-corrected chi connectivity index (χ1v) is 8.74. The summed E-state index contributed by atoms with van der Waals surface area (Å²) < 4.78 is 26.8. The topological polar surface area (TPSA) is 82.1 Å². The van der Waals surface area contributed by atoms with E-state index in [0.717, 1.165) is 0 Å². The zero-order valence-electron chi connectivity index (χ0n) is 15.2. The SMILES string of the molecule is C=C(C)C(=O)OC(C)(C)C(C)COC(C)(C)C(C)CO[P+](=O)O. The van der Waals surface area contributed by atoms with E-state index in [4.69, 9.17) is 18.9 Å². The van der Waals surface area contributed by atoms with Crippen LogP contribution >= 0.6 is 8.25 Å². The minimum atomic E-state index is -2.61. The molecule has 0 spiro atoms. The first-order valence-electron chi connectivity index (χ1n) is 7.61. The Morgan fingerprint density at radius 1 is 1.13 bits per heavy atom. The van der Waals surface area contributed by atoms with Crippen molar-refractivity contribution in [2.75, 3.05) is 13.2 Å². The maximum atomic E-state index is 11.7. The van der Waals surface area contributed by atoms with Crippen LogP contribution in [0.15, 0.2) is 12.2 Å². The predicted molar refractivity (Wildman–Crippen MR) is 89.1 cm³/mol. The van der Waals surface area contributed by atoms with Gasteiger partial charge < -0.3 is 9.47 Å². The predicted octanol–water partition coefficient (Wildman–Crippen LogP) is 3.62. The van der Waals surface area contributed by atoms with Gasteiger partial charge in [0.1, 0.15) is 12.2 Å². The molecule has 0 radical (unpaired) electrons. The molecular weight excluding hydrogens is 319 g/mol. The molecule has 0 rings (SSSR count). The molecule has 23 heavy (non-hydrogen) atoms. The molecular formula is C16H30O6P+. The summed E-state index contributed by atoms with van der Waals surface area (Å²) in [7, 11) is -2.61. The average Bonchev–Trinajstić information content (AvgIpc) is 2.41. The fourth-order valence-electron chi connectivity index (χ4n) is 1.49. The first-order chi connectivity index (χ1) is 10.3. The summed E-state index contributed by atoms with van der Waals surface area (Å²) in [5, 5.41) is 0. The number of hydrogen-bond acceptors (Lipinski definition) is 5. The van der Waals surface area contributed by atoms with Crippen LogP contribution in [0.5, 0.6) is 0 Å². The molecule has 1 N–H and O–H groups in total. The van der Waals surface area contributed by atoms with Gasteiger partial charge in [-0.05, 0) is 34.6 Å². The summed E-state index contributed by atoms with van der Waals surface area (Å²) >= 11 is 0. The standard InChI is InChI=1S/C16H29O6P/c1-11(2)14(17)22-16(7,8)12(3)9-20-15(5,6)13(4)10-21-23(18)19/h12-13H,1,9-10H2,2-8H3/p+1. The van der Waals surface area contributed by atoms with Crippen molar-refractivity contribution in [1.29, 1.82) is 0 Å². The van der Waals surface area contributed by atoms with Crippen LogP contribution in [0.25, 0.3) is 0 Å². The third-order valence-electron chi connectivity index (χ3n) is 4.22. The van der Waals surface area contributed by atoms with Crippen LogP contribution in [0.1, 0.15) is 48.5 Å². The van der Waals surface area contributed by atoms with Crippen LogP contribution in [0.2, 0.25) is 0 Å². The van der Waals surface area contributed by atoms with Gasteiger partial charge in [0, 0.05) is 22.0 Å². The van der Waals surface area contributed by atoms with Gasteiger partial charge in [0.25, 0.3) is 0 Å². The summed E-state index contributed by atoms with van der Waals surface area (Å²) in [6.07, 6.45) is 0. The summed E-state index contributed by atoms with van der Waals surface area (Å²) in [5.74, 6) is -0.552. The zero-order chi connectivity index (χ0) is 18.4. The van der Waals surface area contributed by atoms with Crippen molar-refractivity contribution in [1.82, 2.24) is 0 Å². The monoisotopic (exact) mass is 349 g/mol. The van der Waals surface area contributed by atoms with E-state index >= 15 is 0 Å². The van der Waals surface area contributed by atoms with Crippen molar-refractivity contribution in [3.63, 3.8) is 0 Å². The van der Waals surface area contributed by atoms with Gasteiger partial charge in [0.05, 0.1) is 12.2 Å². The van der Waals surface area contributed by atoms with Gasteiger partial charge >= 0.3 is 14.2 Å². The van der Waals surface area contributed by atoms with Crippen molar-refractivity contribution in [3.8, 4) is 0 Å². The molecule has 0 saturated heterocycles. The molecule has 0 amide bonds.